The molecule has 1 unspecified atom stereocenters. The molecule has 2 atom stereocenters. The van der Waals surface area contributed by atoms with Crippen LogP contribution in [-0.2, 0) is 20.9 Å². The van der Waals surface area contributed by atoms with Crippen molar-refractivity contribution in [1.29, 1.82) is 0 Å². The zero-order valence-corrected chi connectivity index (χ0v) is 34.0. The first kappa shape index (κ1) is 39.5. The number of carbonyl (C=O) groups excluding carboxylic acids is 6. The van der Waals surface area contributed by atoms with Crippen LogP contribution in [0.15, 0.2) is 60.7 Å². The van der Waals surface area contributed by atoms with Crippen LogP contribution < -0.4 is 15.5 Å². The zero-order chi connectivity index (χ0) is 41.5. The van der Waals surface area contributed by atoms with Gasteiger partial charge in [0.1, 0.15) is 11.9 Å². The fourth-order valence-corrected chi connectivity index (χ4v) is 9.59. The molecule has 60 heavy (non-hydrogen) atoms. The van der Waals surface area contributed by atoms with Crippen LogP contribution in [0, 0.1) is 0 Å². The van der Waals surface area contributed by atoms with Crippen LogP contribution in [0.4, 0.5) is 11.4 Å². The summed E-state index contributed by atoms with van der Waals surface area (Å²) in [6.45, 7) is 8.81. The molecule has 1 aromatic heterocycles. The third kappa shape index (κ3) is 7.91. The maximum Gasteiger partial charge on any atom is 0.264 e. The van der Waals surface area contributed by atoms with Gasteiger partial charge in [-0.1, -0.05) is 18.2 Å². The van der Waals surface area contributed by atoms with Crippen molar-refractivity contribution < 1.29 is 28.8 Å². The number of aromatic nitrogens is 2. The van der Waals surface area contributed by atoms with E-state index in [-0.39, 0.29) is 30.2 Å². The molecule has 0 saturated carbocycles. The third-order valence-electron chi connectivity index (χ3n) is 13.1. The highest BCUT2D eigenvalue weighted by Gasteiger charge is 2.46. The SMILES string of the molecule is C[C@H]1CCCN1Cc1nc2ccc(NC(=O)c3ccc(C4CCN(C(=O)CCN5CCN(c6cccc7c6C(=O)N(C6CCC(=O)NC6=O)C7=O)CC5)CC4)cc3)cc2[nH]1. The molecule has 15 heteroatoms. The minimum Gasteiger partial charge on any atom is -0.368 e. The number of fused-ring (bicyclic) bond motifs is 2. The molecule has 0 spiro atoms. The minimum atomic E-state index is -1.01. The number of benzene rings is 3. The van der Waals surface area contributed by atoms with Crippen molar-refractivity contribution >= 4 is 57.9 Å². The molecule has 5 aliphatic rings. The fraction of sp³-hybridized carbons (Fsp3) is 0.444. The zero-order valence-electron chi connectivity index (χ0n) is 34.0. The predicted molar refractivity (Wildman–Crippen MR) is 225 cm³/mol. The summed E-state index contributed by atoms with van der Waals surface area (Å²) in [5, 5.41) is 5.28. The predicted octanol–water partition coefficient (Wildman–Crippen LogP) is 4.12. The van der Waals surface area contributed by atoms with Crippen LogP contribution in [0.3, 0.4) is 0 Å². The molecule has 4 aromatic rings. The maximum atomic E-state index is 13.6. The Morgan fingerprint density at radius 1 is 0.850 bits per heavy atom. The molecule has 6 amide bonds. The van der Waals surface area contributed by atoms with Crippen LogP contribution in [0.1, 0.15) is 100 Å². The third-order valence-corrected chi connectivity index (χ3v) is 13.1. The molecule has 0 aliphatic carbocycles. The molecule has 15 nitrogen and oxygen atoms in total. The number of anilines is 2. The summed E-state index contributed by atoms with van der Waals surface area (Å²) in [4.78, 5) is 95.6. The Balaban J connectivity index is 0.719. The molecule has 4 fully saturated rings. The topological polar surface area (TPSA) is 171 Å². The van der Waals surface area contributed by atoms with Crippen molar-refractivity contribution in [3.8, 4) is 0 Å². The Kier molecular flexibility index (Phi) is 10.9. The van der Waals surface area contributed by atoms with E-state index in [9.17, 15) is 28.8 Å². The van der Waals surface area contributed by atoms with E-state index in [1.807, 2.05) is 53.4 Å². The number of carbonyl (C=O) groups is 6. The molecule has 3 aromatic carbocycles. The Hall–Kier alpha value is -5.93. The first-order valence-corrected chi connectivity index (χ1v) is 21.3. The van der Waals surface area contributed by atoms with Crippen LogP contribution >= 0.6 is 0 Å². The van der Waals surface area contributed by atoms with Gasteiger partial charge < -0.3 is 20.1 Å². The van der Waals surface area contributed by atoms with Crippen LogP contribution in [0.5, 0.6) is 0 Å². The number of hydrogen-bond acceptors (Lipinski definition) is 10. The van der Waals surface area contributed by atoms with Gasteiger partial charge in [0.15, 0.2) is 0 Å². The summed E-state index contributed by atoms with van der Waals surface area (Å²) in [7, 11) is 0. The normalized spacial score (nSPS) is 21.9. The standard InChI is InChI=1S/C45H51N9O6/c1-28-4-3-18-53(28)27-38-47-34-12-11-32(26-35(34)48-38)46-42(57)31-9-7-29(8-10-31)30-15-20-52(21-16-30)40(56)17-19-50-22-24-51(25-23-50)36-6-2-5-33-41(36)45(60)54(44(33)59)37-13-14-39(55)49-43(37)58/h2,5-12,26,28,30,37H,3-4,13-25,27H2,1H3,(H,46,57)(H,47,48)(H,49,55,58)/t28-,37?/m0/s1. The largest absolute Gasteiger partial charge is 0.368 e. The van der Waals surface area contributed by atoms with Gasteiger partial charge in [0.05, 0.1) is 34.4 Å². The number of amides is 6. The van der Waals surface area contributed by atoms with Crippen molar-refractivity contribution in [2.24, 2.45) is 0 Å². The Morgan fingerprint density at radius 2 is 1.63 bits per heavy atom. The number of nitrogens with zero attached hydrogens (tertiary/aromatic N) is 6. The number of piperazine rings is 1. The summed E-state index contributed by atoms with van der Waals surface area (Å²) in [6, 6.07) is 18.4. The van der Waals surface area contributed by atoms with Gasteiger partial charge in [0.25, 0.3) is 17.7 Å². The highest BCUT2D eigenvalue weighted by atomic mass is 16.2. The number of imidazole rings is 1. The van der Waals surface area contributed by atoms with Gasteiger partial charge in [-0.15, -0.1) is 0 Å². The van der Waals surface area contributed by atoms with Gasteiger partial charge in [-0.2, -0.15) is 0 Å². The van der Waals surface area contributed by atoms with Gasteiger partial charge in [-0.3, -0.25) is 48.8 Å². The number of hydrogen-bond donors (Lipinski definition) is 3. The van der Waals surface area contributed by atoms with E-state index in [1.165, 1.54) is 18.4 Å². The lowest BCUT2D eigenvalue weighted by molar-refractivity contribution is -0.136. The summed E-state index contributed by atoms with van der Waals surface area (Å²) >= 11 is 0. The first-order chi connectivity index (χ1) is 29.1. The van der Waals surface area contributed by atoms with Gasteiger partial charge in [0.2, 0.25) is 17.7 Å². The average molecular weight is 814 g/mol. The molecule has 0 bridgehead atoms. The molecule has 312 valence electrons. The minimum absolute atomic E-state index is 0.0725. The lowest BCUT2D eigenvalue weighted by atomic mass is 9.89. The number of H-pyrrole nitrogens is 1. The van der Waals surface area contributed by atoms with E-state index < -0.39 is 29.7 Å². The van der Waals surface area contributed by atoms with Crippen molar-refractivity contribution in [2.45, 2.75) is 76.4 Å². The lowest BCUT2D eigenvalue weighted by Crippen LogP contribution is -2.54. The van der Waals surface area contributed by atoms with Gasteiger partial charge in [0, 0.05) is 75.9 Å². The van der Waals surface area contributed by atoms with E-state index in [1.54, 1.807) is 12.1 Å². The number of aromatic amines is 1. The van der Waals surface area contributed by atoms with E-state index in [2.05, 4.69) is 37.2 Å². The van der Waals surface area contributed by atoms with Gasteiger partial charge >= 0.3 is 0 Å². The molecule has 3 N–H and O–H groups in total. The molecule has 0 radical (unpaired) electrons. The Bertz CT molecular complexity index is 2340. The smallest absolute Gasteiger partial charge is 0.264 e. The Labute approximate surface area is 348 Å². The summed E-state index contributed by atoms with van der Waals surface area (Å²) in [5.41, 5.74) is 5.52. The number of rotatable bonds is 10. The fourth-order valence-electron chi connectivity index (χ4n) is 9.59. The lowest BCUT2D eigenvalue weighted by Gasteiger charge is -2.37. The van der Waals surface area contributed by atoms with E-state index in [0.29, 0.717) is 86.7 Å². The highest BCUT2D eigenvalue weighted by Crippen LogP contribution is 2.35. The number of nitrogens with one attached hydrogen (secondary N) is 3. The quantitative estimate of drug-likeness (QED) is 0.198. The second-order valence-electron chi connectivity index (χ2n) is 16.8. The molecule has 4 saturated heterocycles. The molecule has 9 rings (SSSR count). The van der Waals surface area contributed by atoms with Gasteiger partial charge in [-0.05, 0) is 99.5 Å². The van der Waals surface area contributed by atoms with Crippen molar-refractivity contribution in [1.82, 2.24) is 34.9 Å². The molecular formula is C45H51N9O6. The number of imide groups is 2. The first-order valence-electron chi connectivity index (χ1n) is 21.3. The Morgan fingerprint density at radius 3 is 2.37 bits per heavy atom. The molecule has 5 aliphatic heterocycles. The average Bonchev–Trinajstić information content (AvgIpc) is 3.94. The van der Waals surface area contributed by atoms with Crippen molar-refractivity contribution in [3.05, 3.63) is 88.7 Å². The maximum absolute atomic E-state index is 13.6. The van der Waals surface area contributed by atoms with Crippen molar-refractivity contribution in [2.75, 3.05) is 62.6 Å². The van der Waals surface area contributed by atoms with E-state index >= 15 is 0 Å². The number of piperidine rings is 2. The van der Waals surface area contributed by atoms with Crippen LogP contribution in [-0.4, -0.2) is 129 Å². The molecular weight excluding hydrogens is 763 g/mol. The molecule has 6 heterocycles. The van der Waals surface area contributed by atoms with Crippen molar-refractivity contribution in [3.63, 3.8) is 0 Å². The summed E-state index contributed by atoms with van der Waals surface area (Å²) in [5.74, 6) is -0.809. The van der Waals surface area contributed by atoms with Crippen LogP contribution in [0.25, 0.3) is 11.0 Å². The second-order valence-corrected chi connectivity index (χ2v) is 16.8. The van der Waals surface area contributed by atoms with E-state index in [4.69, 9.17) is 4.98 Å². The van der Waals surface area contributed by atoms with E-state index in [0.717, 1.165) is 47.7 Å². The summed E-state index contributed by atoms with van der Waals surface area (Å²) < 4.78 is 0. The monoisotopic (exact) mass is 813 g/mol. The highest BCUT2D eigenvalue weighted by molar-refractivity contribution is 6.25. The van der Waals surface area contributed by atoms with Crippen LogP contribution in [0.2, 0.25) is 0 Å². The van der Waals surface area contributed by atoms with Gasteiger partial charge in [-0.25, -0.2) is 4.98 Å². The number of likely N-dealkylation sites (tertiary alicyclic amines) is 2. The second kappa shape index (κ2) is 16.6. The summed E-state index contributed by atoms with van der Waals surface area (Å²) in [6.07, 6.45) is 4.78.